The van der Waals surface area contributed by atoms with Crippen LogP contribution in [-0.2, 0) is 20.2 Å². The van der Waals surface area contributed by atoms with Gasteiger partial charge in [-0.15, -0.1) is 0 Å². The van der Waals surface area contributed by atoms with Crippen molar-refractivity contribution in [1.82, 2.24) is 0 Å². The molecule has 5 heteroatoms. The largest absolute Gasteiger partial charge is 0.377 e. The molecule has 4 nitrogen and oxygen atoms in total. The molecule has 1 saturated heterocycles. The highest BCUT2D eigenvalue weighted by Gasteiger charge is 2.61. The third kappa shape index (κ3) is 1.42. The summed E-state index contributed by atoms with van der Waals surface area (Å²) in [6.07, 6.45) is 5.45. The first kappa shape index (κ1) is 12.7. The topological polar surface area (TPSA) is 46.6 Å². The number of sulfonamides is 1. The molecule has 2 heterocycles. The van der Waals surface area contributed by atoms with Crippen LogP contribution in [0.4, 0.5) is 5.69 Å². The zero-order chi connectivity index (χ0) is 14.0. The molecule has 0 amide bonds. The molecule has 2 fully saturated rings. The van der Waals surface area contributed by atoms with E-state index in [1.54, 1.807) is 4.31 Å². The van der Waals surface area contributed by atoms with E-state index in [4.69, 9.17) is 4.74 Å². The van der Waals surface area contributed by atoms with Crippen LogP contribution in [0.1, 0.15) is 31.2 Å². The summed E-state index contributed by atoms with van der Waals surface area (Å²) in [6.45, 7) is 0.743. The van der Waals surface area contributed by atoms with E-state index in [-0.39, 0.29) is 17.6 Å². The Balaban J connectivity index is 1.99. The second kappa shape index (κ2) is 3.98. The molecule has 3 aliphatic rings. The predicted octanol–water partition coefficient (Wildman–Crippen LogP) is 2.05. The Morgan fingerprint density at radius 3 is 2.90 bits per heavy atom. The van der Waals surface area contributed by atoms with E-state index in [0.29, 0.717) is 0 Å². The van der Waals surface area contributed by atoms with Crippen LogP contribution in [0.25, 0.3) is 0 Å². The van der Waals surface area contributed by atoms with Gasteiger partial charge in [-0.2, -0.15) is 0 Å². The van der Waals surface area contributed by atoms with Gasteiger partial charge in [-0.3, -0.25) is 4.31 Å². The van der Waals surface area contributed by atoms with Crippen LogP contribution < -0.4 is 4.31 Å². The molecule has 4 rings (SSSR count). The van der Waals surface area contributed by atoms with Gasteiger partial charge < -0.3 is 4.74 Å². The second-order valence-electron chi connectivity index (χ2n) is 6.17. The normalized spacial score (nSPS) is 35.5. The highest BCUT2D eigenvalue weighted by molar-refractivity contribution is 7.92. The van der Waals surface area contributed by atoms with Crippen molar-refractivity contribution in [1.29, 1.82) is 0 Å². The van der Waals surface area contributed by atoms with E-state index in [1.165, 1.54) is 11.8 Å². The van der Waals surface area contributed by atoms with Crippen molar-refractivity contribution in [2.24, 2.45) is 0 Å². The molecular formula is C15H19NO3S. The summed E-state index contributed by atoms with van der Waals surface area (Å²) >= 11 is 0. The summed E-state index contributed by atoms with van der Waals surface area (Å²) < 4.78 is 32.3. The molecule has 2 aliphatic heterocycles. The van der Waals surface area contributed by atoms with Gasteiger partial charge in [0.1, 0.15) is 0 Å². The molecule has 0 radical (unpaired) electrons. The third-order valence-electron chi connectivity index (χ3n) is 5.23. The van der Waals surface area contributed by atoms with Gasteiger partial charge in [0, 0.05) is 12.0 Å². The first-order valence-electron chi connectivity index (χ1n) is 7.26. The average molecular weight is 293 g/mol. The second-order valence-corrected chi connectivity index (χ2v) is 8.03. The van der Waals surface area contributed by atoms with Crippen molar-refractivity contribution in [3.63, 3.8) is 0 Å². The molecule has 0 bridgehead atoms. The fourth-order valence-electron chi connectivity index (χ4n) is 4.61. The van der Waals surface area contributed by atoms with Gasteiger partial charge >= 0.3 is 0 Å². The summed E-state index contributed by atoms with van der Waals surface area (Å²) in [5, 5.41) is 0. The minimum Gasteiger partial charge on any atom is -0.377 e. The fraction of sp³-hybridized carbons (Fsp3) is 0.600. The third-order valence-corrected chi connectivity index (χ3v) is 6.40. The number of para-hydroxylation sites is 1. The number of anilines is 1. The quantitative estimate of drug-likeness (QED) is 0.796. The molecule has 0 aromatic heterocycles. The van der Waals surface area contributed by atoms with Crippen molar-refractivity contribution in [3.8, 4) is 0 Å². The van der Waals surface area contributed by atoms with Gasteiger partial charge in [0.05, 0.1) is 24.1 Å². The monoisotopic (exact) mass is 293 g/mol. The van der Waals surface area contributed by atoms with Gasteiger partial charge in [-0.25, -0.2) is 8.42 Å². The Morgan fingerprint density at radius 1 is 1.30 bits per heavy atom. The van der Waals surface area contributed by atoms with E-state index in [0.717, 1.165) is 38.0 Å². The lowest BCUT2D eigenvalue weighted by Crippen LogP contribution is -2.53. The van der Waals surface area contributed by atoms with Crippen LogP contribution in [0.2, 0.25) is 0 Å². The van der Waals surface area contributed by atoms with Crippen molar-refractivity contribution in [3.05, 3.63) is 29.8 Å². The lowest BCUT2D eigenvalue weighted by Gasteiger charge is -2.42. The highest BCUT2D eigenvalue weighted by atomic mass is 32.2. The van der Waals surface area contributed by atoms with Crippen molar-refractivity contribution < 1.29 is 13.2 Å². The first-order valence-corrected chi connectivity index (χ1v) is 9.10. The Hall–Kier alpha value is -1.07. The molecule has 1 aromatic rings. The molecule has 0 N–H and O–H groups in total. The number of nitrogens with zero attached hydrogens (tertiary/aromatic N) is 1. The van der Waals surface area contributed by atoms with Gasteiger partial charge in [-0.05, 0) is 37.3 Å². The molecule has 20 heavy (non-hydrogen) atoms. The van der Waals surface area contributed by atoms with Crippen LogP contribution >= 0.6 is 0 Å². The smallest absolute Gasteiger partial charge is 0.232 e. The number of ether oxygens (including phenoxy) is 1. The summed E-state index contributed by atoms with van der Waals surface area (Å²) in [6, 6.07) is 8.02. The zero-order valence-electron chi connectivity index (χ0n) is 11.6. The number of fused-ring (bicyclic) bond motifs is 1. The molecule has 3 atom stereocenters. The standard InChI is InChI=1S/C15H19NO3S/c1-20(17,18)16-12-6-3-2-5-11(12)15-9-10-19-14(15)8-4-7-13(15)16/h2-3,5-6,13-14H,4,7-10H2,1H3/t13-,14-,15-/m0/s1. The Kier molecular flexibility index (Phi) is 2.52. The molecule has 0 unspecified atom stereocenters. The Morgan fingerprint density at radius 2 is 2.10 bits per heavy atom. The van der Waals surface area contributed by atoms with Gasteiger partial charge in [0.15, 0.2) is 0 Å². The van der Waals surface area contributed by atoms with E-state index < -0.39 is 10.0 Å². The number of benzene rings is 1. The van der Waals surface area contributed by atoms with Crippen molar-refractivity contribution >= 4 is 15.7 Å². The van der Waals surface area contributed by atoms with Crippen molar-refractivity contribution in [2.75, 3.05) is 17.2 Å². The number of hydrogen-bond acceptors (Lipinski definition) is 3. The van der Waals surface area contributed by atoms with Crippen LogP contribution in [-0.4, -0.2) is 33.4 Å². The zero-order valence-corrected chi connectivity index (χ0v) is 12.4. The SMILES string of the molecule is CS(=O)(=O)N1c2ccccc2[C@]23CCO[C@H]2CCC[C@H]13. The maximum absolute atomic E-state index is 12.3. The maximum Gasteiger partial charge on any atom is 0.232 e. The maximum atomic E-state index is 12.3. The molecule has 1 saturated carbocycles. The van der Waals surface area contributed by atoms with E-state index in [9.17, 15) is 8.42 Å². The van der Waals surface area contributed by atoms with Gasteiger partial charge in [-0.1, -0.05) is 18.2 Å². The molecule has 1 aliphatic carbocycles. The lowest BCUT2D eigenvalue weighted by atomic mass is 9.66. The molecule has 1 spiro atoms. The fourth-order valence-corrected chi connectivity index (χ4v) is 5.88. The van der Waals surface area contributed by atoms with Gasteiger partial charge in [0.25, 0.3) is 0 Å². The predicted molar refractivity (Wildman–Crippen MR) is 77.4 cm³/mol. The molecular weight excluding hydrogens is 274 g/mol. The van der Waals surface area contributed by atoms with E-state index >= 15 is 0 Å². The Labute approximate surface area is 119 Å². The van der Waals surface area contributed by atoms with E-state index in [2.05, 4.69) is 6.07 Å². The van der Waals surface area contributed by atoms with E-state index in [1.807, 2.05) is 18.2 Å². The van der Waals surface area contributed by atoms with Crippen LogP contribution in [0.15, 0.2) is 24.3 Å². The number of rotatable bonds is 1. The van der Waals surface area contributed by atoms with Crippen LogP contribution in [0.3, 0.4) is 0 Å². The van der Waals surface area contributed by atoms with Crippen LogP contribution in [0, 0.1) is 0 Å². The van der Waals surface area contributed by atoms with Gasteiger partial charge in [0.2, 0.25) is 10.0 Å². The Bertz CT molecular complexity index is 657. The number of hydrogen-bond donors (Lipinski definition) is 0. The van der Waals surface area contributed by atoms with Crippen LogP contribution in [0.5, 0.6) is 0 Å². The molecule has 1 aromatic carbocycles. The summed E-state index contributed by atoms with van der Waals surface area (Å²) in [4.78, 5) is 0. The minimum atomic E-state index is -3.25. The summed E-state index contributed by atoms with van der Waals surface area (Å²) in [5.74, 6) is 0. The van der Waals surface area contributed by atoms with Crippen molar-refractivity contribution in [2.45, 2.75) is 43.2 Å². The first-order chi connectivity index (χ1) is 9.55. The average Bonchev–Trinajstić information content (AvgIpc) is 2.94. The lowest BCUT2D eigenvalue weighted by molar-refractivity contribution is 0.0475. The minimum absolute atomic E-state index is 0.0381. The summed E-state index contributed by atoms with van der Waals surface area (Å²) in [5.41, 5.74) is 1.94. The summed E-state index contributed by atoms with van der Waals surface area (Å²) in [7, 11) is -3.25. The molecule has 108 valence electrons. The highest BCUT2D eigenvalue weighted by Crippen LogP contribution is 2.57.